The molecular formula is C9H14ClN3O2S. The van der Waals surface area contributed by atoms with Crippen LogP contribution in [0, 0.1) is 0 Å². The molecule has 0 aliphatic heterocycles. The molecule has 0 atom stereocenters. The van der Waals surface area contributed by atoms with Crippen molar-refractivity contribution in [3.8, 4) is 0 Å². The molecule has 0 aromatic carbocycles. The molecule has 7 heteroatoms. The third-order valence-corrected chi connectivity index (χ3v) is 3.17. The Labute approximate surface area is 104 Å². The highest BCUT2D eigenvalue weighted by Gasteiger charge is 2.12. The summed E-state index contributed by atoms with van der Waals surface area (Å²) in [5.41, 5.74) is 0.762. The van der Waals surface area contributed by atoms with Gasteiger partial charge in [-0.2, -0.15) is 0 Å². The van der Waals surface area contributed by atoms with E-state index in [1.54, 1.807) is 0 Å². The van der Waals surface area contributed by atoms with Crippen LogP contribution in [-0.2, 0) is 16.1 Å². The van der Waals surface area contributed by atoms with Crippen LogP contribution >= 0.6 is 23.1 Å². The summed E-state index contributed by atoms with van der Waals surface area (Å²) in [6, 6.07) is 0. The van der Waals surface area contributed by atoms with Crippen molar-refractivity contribution < 1.29 is 9.53 Å². The number of esters is 1. The average molecular weight is 264 g/mol. The van der Waals surface area contributed by atoms with E-state index in [9.17, 15) is 4.79 Å². The van der Waals surface area contributed by atoms with Gasteiger partial charge in [0.15, 0.2) is 0 Å². The van der Waals surface area contributed by atoms with Crippen molar-refractivity contribution in [3.05, 3.63) is 10.0 Å². The van der Waals surface area contributed by atoms with Gasteiger partial charge in [0.1, 0.15) is 10.0 Å². The summed E-state index contributed by atoms with van der Waals surface area (Å²) in [6.45, 7) is 4.09. The van der Waals surface area contributed by atoms with Crippen molar-refractivity contribution in [2.45, 2.75) is 19.9 Å². The van der Waals surface area contributed by atoms with Crippen LogP contribution in [0.2, 0.25) is 4.34 Å². The molecule has 0 amide bonds. The van der Waals surface area contributed by atoms with Gasteiger partial charge in [-0.1, -0.05) is 23.0 Å². The maximum absolute atomic E-state index is 11.0. The molecule has 1 aromatic rings. The molecule has 0 bridgehead atoms. The number of carbonyl (C=O) groups excluding carboxylic acids is 1. The number of carbonyl (C=O) groups is 1. The fourth-order valence-electron chi connectivity index (χ4n) is 1.20. The van der Waals surface area contributed by atoms with Gasteiger partial charge in [0.2, 0.25) is 0 Å². The molecule has 0 spiro atoms. The Kier molecular flexibility index (Phi) is 5.65. The van der Waals surface area contributed by atoms with Crippen molar-refractivity contribution in [2.75, 3.05) is 20.2 Å². The minimum absolute atomic E-state index is 0.207. The second-order valence-electron chi connectivity index (χ2n) is 3.19. The van der Waals surface area contributed by atoms with Crippen LogP contribution in [0.15, 0.2) is 0 Å². The second kappa shape index (κ2) is 6.78. The lowest BCUT2D eigenvalue weighted by molar-refractivity contribution is -0.141. The Bertz CT molecular complexity index is 345. The largest absolute Gasteiger partial charge is 0.469 e. The topological polar surface area (TPSA) is 55.3 Å². The van der Waals surface area contributed by atoms with Gasteiger partial charge in [0.25, 0.3) is 0 Å². The van der Waals surface area contributed by atoms with Crippen LogP contribution < -0.4 is 0 Å². The number of hydrogen-bond donors (Lipinski definition) is 0. The van der Waals surface area contributed by atoms with E-state index in [1.165, 1.54) is 18.6 Å². The molecule has 16 heavy (non-hydrogen) atoms. The maximum atomic E-state index is 11.0. The van der Waals surface area contributed by atoms with E-state index in [2.05, 4.69) is 19.2 Å². The van der Waals surface area contributed by atoms with E-state index in [0.29, 0.717) is 23.8 Å². The summed E-state index contributed by atoms with van der Waals surface area (Å²) in [6.07, 6.45) is 0.375. The number of ether oxygens (including phenoxy) is 1. The minimum atomic E-state index is -0.207. The minimum Gasteiger partial charge on any atom is -0.469 e. The van der Waals surface area contributed by atoms with Gasteiger partial charge in [-0.25, -0.2) is 0 Å². The molecule has 1 heterocycles. The zero-order valence-corrected chi connectivity index (χ0v) is 10.8. The first-order valence-corrected chi connectivity index (χ1v) is 6.08. The third kappa shape index (κ3) is 4.03. The van der Waals surface area contributed by atoms with E-state index in [4.69, 9.17) is 11.6 Å². The monoisotopic (exact) mass is 263 g/mol. The van der Waals surface area contributed by atoms with Gasteiger partial charge < -0.3 is 4.74 Å². The first-order valence-electron chi connectivity index (χ1n) is 4.93. The van der Waals surface area contributed by atoms with Crippen LogP contribution in [0.4, 0.5) is 0 Å². The van der Waals surface area contributed by atoms with Crippen molar-refractivity contribution in [1.29, 1.82) is 0 Å². The third-order valence-electron chi connectivity index (χ3n) is 2.19. The summed E-state index contributed by atoms with van der Waals surface area (Å²) < 4.78 is 8.96. The van der Waals surface area contributed by atoms with Crippen LogP contribution in [-0.4, -0.2) is 40.7 Å². The maximum Gasteiger partial charge on any atom is 0.306 e. The molecule has 0 saturated heterocycles. The average Bonchev–Trinajstić information content (AvgIpc) is 2.69. The summed E-state index contributed by atoms with van der Waals surface area (Å²) in [5.74, 6) is -0.207. The zero-order valence-electron chi connectivity index (χ0n) is 9.27. The lowest BCUT2D eigenvalue weighted by Crippen LogP contribution is -2.26. The first-order chi connectivity index (χ1) is 7.67. The quantitative estimate of drug-likeness (QED) is 0.730. The Hall–Kier alpha value is -0.720. The standard InChI is InChI=1S/C9H14ClN3O2S/c1-3-13(5-4-8(14)15-2)6-7-9(10)16-12-11-7/h3-6H2,1-2H3. The van der Waals surface area contributed by atoms with Crippen LogP contribution in [0.5, 0.6) is 0 Å². The highest BCUT2D eigenvalue weighted by Crippen LogP contribution is 2.18. The van der Waals surface area contributed by atoms with Crippen molar-refractivity contribution in [2.24, 2.45) is 0 Å². The predicted molar refractivity (Wildman–Crippen MR) is 62.5 cm³/mol. The van der Waals surface area contributed by atoms with E-state index in [1.807, 2.05) is 6.92 Å². The molecule has 0 aliphatic carbocycles. The van der Waals surface area contributed by atoms with Gasteiger partial charge >= 0.3 is 5.97 Å². The molecule has 1 rings (SSSR count). The van der Waals surface area contributed by atoms with E-state index < -0.39 is 0 Å². The number of aromatic nitrogens is 2. The summed E-state index contributed by atoms with van der Waals surface area (Å²) in [7, 11) is 1.39. The van der Waals surface area contributed by atoms with Gasteiger partial charge in [-0.3, -0.25) is 9.69 Å². The molecule has 0 aliphatic rings. The molecule has 1 aromatic heterocycles. The van der Waals surface area contributed by atoms with E-state index in [0.717, 1.165) is 12.2 Å². The fraction of sp³-hybridized carbons (Fsp3) is 0.667. The predicted octanol–water partition coefficient (Wildman–Crippen LogP) is 1.58. The Morgan fingerprint density at radius 3 is 2.88 bits per heavy atom. The van der Waals surface area contributed by atoms with Crippen LogP contribution in [0.3, 0.4) is 0 Å². The Morgan fingerprint density at radius 1 is 1.62 bits per heavy atom. The summed E-state index contributed by atoms with van der Waals surface area (Å²) >= 11 is 7.08. The summed E-state index contributed by atoms with van der Waals surface area (Å²) in [5, 5.41) is 3.93. The van der Waals surface area contributed by atoms with Gasteiger partial charge in [-0.15, -0.1) is 5.10 Å². The van der Waals surface area contributed by atoms with Crippen LogP contribution in [0.25, 0.3) is 0 Å². The van der Waals surface area contributed by atoms with Gasteiger partial charge in [0, 0.05) is 24.6 Å². The number of nitrogens with zero attached hydrogens (tertiary/aromatic N) is 3. The smallest absolute Gasteiger partial charge is 0.306 e. The fourth-order valence-corrected chi connectivity index (χ4v) is 1.82. The lowest BCUT2D eigenvalue weighted by Gasteiger charge is -2.18. The Balaban J connectivity index is 2.43. The summed E-state index contributed by atoms with van der Waals surface area (Å²) in [4.78, 5) is 13.1. The van der Waals surface area contributed by atoms with E-state index in [-0.39, 0.29) is 5.97 Å². The second-order valence-corrected chi connectivity index (χ2v) is 4.54. The van der Waals surface area contributed by atoms with Gasteiger partial charge in [0.05, 0.1) is 13.5 Å². The highest BCUT2D eigenvalue weighted by atomic mass is 35.5. The van der Waals surface area contributed by atoms with Crippen molar-refractivity contribution in [1.82, 2.24) is 14.5 Å². The molecular weight excluding hydrogens is 250 g/mol. The zero-order chi connectivity index (χ0) is 12.0. The molecule has 0 N–H and O–H groups in total. The van der Waals surface area contributed by atoms with E-state index >= 15 is 0 Å². The molecule has 0 fully saturated rings. The Morgan fingerprint density at radius 2 is 2.38 bits per heavy atom. The molecule has 90 valence electrons. The number of rotatable bonds is 6. The van der Waals surface area contributed by atoms with Crippen molar-refractivity contribution in [3.63, 3.8) is 0 Å². The molecule has 5 nitrogen and oxygen atoms in total. The lowest BCUT2D eigenvalue weighted by atomic mass is 10.3. The first kappa shape index (κ1) is 13.3. The van der Waals surface area contributed by atoms with Gasteiger partial charge in [-0.05, 0) is 6.54 Å². The molecule has 0 saturated carbocycles. The van der Waals surface area contributed by atoms with Crippen LogP contribution in [0.1, 0.15) is 19.0 Å². The SMILES string of the molecule is CCN(CCC(=O)OC)Cc1nnsc1Cl. The highest BCUT2D eigenvalue weighted by molar-refractivity contribution is 7.10. The molecule has 0 unspecified atom stereocenters. The number of halogens is 1. The molecule has 0 radical (unpaired) electrons. The number of hydrogen-bond acceptors (Lipinski definition) is 6. The normalized spacial score (nSPS) is 10.8. The van der Waals surface area contributed by atoms with Crippen molar-refractivity contribution >= 4 is 29.1 Å². The number of methoxy groups -OCH3 is 1.